The first-order valence-electron chi connectivity index (χ1n) is 48.3. The third kappa shape index (κ3) is 29.3. The average Bonchev–Trinajstić information content (AvgIpc) is 0.754. The molecule has 46 heteroatoms. The maximum atomic E-state index is 17.5. The number of halogens is 2. The molecule has 9 N–H and O–H groups in total. The van der Waals surface area contributed by atoms with Gasteiger partial charge in [0.15, 0.2) is 64.9 Å². The molecule has 0 saturated carbocycles. The molecule has 2 fully saturated rings. The lowest BCUT2D eigenvalue weighted by atomic mass is 9.84. The molecular weight excluding hydrogens is 2020 g/mol. The number of rotatable bonds is 37. The number of primary amides is 1. The number of likely N-dealkylation sites (N-methyl/N-ethyl adjacent to an activating group) is 1. The van der Waals surface area contributed by atoms with E-state index in [4.69, 9.17) is 109 Å². The van der Waals surface area contributed by atoms with E-state index < -0.39 is 262 Å². The van der Waals surface area contributed by atoms with Crippen molar-refractivity contribution < 1.29 is 142 Å². The Bertz CT molecular complexity index is 6010. The van der Waals surface area contributed by atoms with Gasteiger partial charge in [0.1, 0.15) is 111 Å². The molecule has 2 saturated heterocycles. The molecule has 0 aliphatic carbocycles. The number of fused-ring (bicyclic) bond motifs is 15. The Morgan fingerprint density at radius 1 is 0.613 bits per heavy atom. The van der Waals surface area contributed by atoms with Crippen molar-refractivity contribution in [2.24, 2.45) is 16.8 Å². The molecule has 7 aliphatic heterocycles. The summed E-state index contributed by atoms with van der Waals surface area (Å²) < 4.78 is 111. The number of hydrogen-bond donors (Lipinski definition) is 8. The summed E-state index contributed by atoms with van der Waals surface area (Å²) in [5, 5.41) is 21.1. The first kappa shape index (κ1) is 118. The van der Waals surface area contributed by atoms with Crippen LogP contribution in [0, 0.1) is 5.92 Å². The van der Waals surface area contributed by atoms with Crippen molar-refractivity contribution in [2.45, 2.75) is 255 Å². The Kier molecular flexibility index (Phi) is 40.2. The molecule has 12 rings (SSSR count). The predicted molar refractivity (Wildman–Crippen MR) is 553 cm³/mol. The number of ether oxygens (including phenoxy) is 15. The monoisotopic (exact) mass is 2150 g/mol. The first-order chi connectivity index (χ1) is 70.6. The summed E-state index contributed by atoms with van der Waals surface area (Å²) in [6.45, 7) is 48.5. The molecule has 9 amide bonds. The number of alkyl carbamates (subject to hydrolysis) is 1. The Labute approximate surface area is 881 Å². The zero-order valence-corrected chi connectivity index (χ0v) is 90.6. The summed E-state index contributed by atoms with van der Waals surface area (Å²) >= 11 is 15.5. The molecule has 5 aromatic carbocycles. The lowest BCUT2D eigenvalue weighted by molar-refractivity contribution is -0.333. The average molecular weight is 2160 g/mol. The van der Waals surface area contributed by atoms with Gasteiger partial charge in [0.2, 0.25) is 53.4 Å². The van der Waals surface area contributed by atoms with Crippen molar-refractivity contribution in [1.29, 1.82) is 0 Å². The highest BCUT2D eigenvalue weighted by Gasteiger charge is 2.58. The molecule has 0 radical (unpaired) electrons. The Morgan fingerprint density at radius 3 is 1.71 bits per heavy atom. The highest BCUT2D eigenvalue weighted by Crippen LogP contribution is 2.53. The second-order valence-corrected chi connectivity index (χ2v) is 50.1. The van der Waals surface area contributed by atoms with Gasteiger partial charge < -0.3 is 123 Å². The van der Waals surface area contributed by atoms with Gasteiger partial charge in [-0.05, 0) is 145 Å². The van der Waals surface area contributed by atoms with E-state index in [1.807, 2.05) is 67.7 Å². The molecular formula is C104H132Cl2N12O30Si2. The second-order valence-electron chi connectivity index (χ2n) is 39.8. The van der Waals surface area contributed by atoms with Gasteiger partial charge in [0.05, 0.1) is 46.9 Å². The Hall–Kier alpha value is -13.8. The molecule has 7 aliphatic rings. The smallest absolute Gasteiger partial charge is 0.410 e. The molecule has 810 valence electrons. The van der Waals surface area contributed by atoms with E-state index in [9.17, 15) is 34.3 Å². The Balaban J connectivity index is 1.39. The minimum absolute atomic E-state index is 0.0133. The van der Waals surface area contributed by atoms with Crippen LogP contribution in [-0.2, 0) is 104 Å². The number of azide groups is 1. The molecule has 42 nitrogen and oxygen atoms in total. The highest BCUT2D eigenvalue weighted by molar-refractivity contribution is 6.74. The number of nitrogens with two attached hydrogens (primary N) is 1. The van der Waals surface area contributed by atoms with Gasteiger partial charge in [-0.15, -0.1) is 0 Å². The van der Waals surface area contributed by atoms with Crippen molar-refractivity contribution in [3.8, 4) is 57.1 Å². The maximum Gasteiger partial charge on any atom is 0.410 e. The van der Waals surface area contributed by atoms with E-state index in [0.29, 0.717) is 0 Å². The van der Waals surface area contributed by atoms with Crippen LogP contribution in [0.4, 0.5) is 9.59 Å². The van der Waals surface area contributed by atoms with Crippen LogP contribution in [0.5, 0.6) is 46.0 Å². The summed E-state index contributed by atoms with van der Waals surface area (Å²) in [5.74, 6) is -15.9. The minimum Gasteiger partial charge on any atom is -0.489 e. The SMILES string of the molecule is C=CCOC(=O)N[C@@]1(C)C[C@H](O[C@H]2[C@H](Oc3c4cc5cc3Oc3ccc(cc3Cl)[C@@H](O[Si](C)(C)C(C)(C)C)[C@@H](NC(=O)[C@@H](CC(C)C)N(C)C(=O)OCC=C)C(=O)N[C@@H](CC(N)=O)C(=O)N[C@H]5C(=O)N[C@H]3C(=O)N[C@H](C(=O)N[C@H](C(=O)OCC=C)c5cc(OCC=C)cc(OCC=C)c5-c5cc3ccc5OCC=C)[C@H](O[Si](C)(C)C(C)(C)C)c3ccc(c(Cl)c3)O4)O[C@H](CN=[N+]=[N-])[C@@H](OC(C)=O)[C@@H]2OC(C)=O)O[C@@H](C)[C@H]1OC(C)=O. The van der Waals surface area contributed by atoms with Crippen LogP contribution in [0.15, 0.2) is 160 Å². The fourth-order valence-electron chi connectivity index (χ4n) is 16.7. The van der Waals surface area contributed by atoms with Crippen LogP contribution in [0.1, 0.15) is 167 Å². The fraction of sp³-hybridized carbons (Fsp3) is 0.471. The van der Waals surface area contributed by atoms with Gasteiger partial charge in [-0.25, -0.2) is 14.4 Å². The second kappa shape index (κ2) is 51.1. The summed E-state index contributed by atoms with van der Waals surface area (Å²) in [7, 11) is -5.55. The Morgan fingerprint density at radius 2 is 1.15 bits per heavy atom. The van der Waals surface area contributed by atoms with E-state index >= 15 is 33.6 Å². The maximum absolute atomic E-state index is 17.5. The number of carbonyl (C=O) groups is 13. The number of esters is 4. The number of amides is 9. The van der Waals surface area contributed by atoms with E-state index in [1.54, 1.807) is 13.8 Å². The van der Waals surface area contributed by atoms with Gasteiger partial charge in [-0.1, -0.05) is 178 Å². The van der Waals surface area contributed by atoms with Crippen LogP contribution in [0.3, 0.4) is 0 Å². The molecule has 0 aromatic heterocycles. The number of hydrogen-bond acceptors (Lipinski definition) is 31. The number of carbonyl (C=O) groups excluding carboxylic acids is 13. The van der Waals surface area contributed by atoms with Gasteiger partial charge in [-0.2, -0.15) is 0 Å². The fourth-order valence-corrected chi connectivity index (χ4v) is 19.7. The van der Waals surface area contributed by atoms with Crippen LogP contribution in [0.2, 0.25) is 46.3 Å². The zero-order chi connectivity index (χ0) is 111. The van der Waals surface area contributed by atoms with Crippen LogP contribution in [0.25, 0.3) is 21.6 Å². The van der Waals surface area contributed by atoms with Gasteiger partial charge >= 0.3 is 36.1 Å². The van der Waals surface area contributed by atoms with Crippen molar-refractivity contribution in [3.63, 3.8) is 0 Å². The third-order valence-corrected chi connectivity index (χ3v) is 35.4. The van der Waals surface area contributed by atoms with E-state index in [1.165, 1.54) is 124 Å². The largest absolute Gasteiger partial charge is 0.489 e. The quantitative estimate of drug-likeness (QED) is 0.00348. The van der Waals surface area contributed by atoms with E-state index in [2.05, 4.69) is 86.7 Å². The first-order valence-corrected chi connectivity index (χ1v) is 54.8. The predicted octanol–water partition coefficient (Wildman–Crippen LogP) is 14.4. The topological polar surface area (TPSA) is 541 Å². The molecule has 150 heavy (non-hydrogen) atoms. The lowest BCUT2D eigenvalue weighted by Gasteiger charge is -2.49. The normalized spacial score (nSPS) is 23.5. The van der Waals surface area contributed by atoms with Crippen LogP contribution >= 0.6 is 23.2 Å². The summed E-state index contributed by atoms with van der Waals surface area (Å²) in [4.78, 5) is 202. The summed E-state index contributed by atoms with van der Waals surface area (Å²) in [6, 6.07) is 2.95. The minimum atomic E-state index is -3.45. The zero-order valence-electron chi connectivity index (χ0n) is 87.0. The number of nitrogens with one attached hydrogen (secondary N) is 7. The molecule has 0 unspecified atom stereocenters. The summed E-state index contributed by atoms with van der Waals surface area (Å²) in [5.41, 5.74) is 13.8. The highest BCUT2D eigenvalue weighted by atomic mass is 35.5. The third-order valence-electron chi connectivity index (χ3n) is 25.9. The van der Waals surface area contributed by atoms with Gasteiger partial charge in [0.25, 0.3) is 0 Å². The van der Waals surface area contributed by atoms with Crippen molar-refractivity contribution in [1.82, 2.24) is 42.1 Å². The molecule has 7 heterocycles. The molecule has 11 bridgehead atoms. The van der Waals surface area contributed by atoms with E-state index in [-0.39, 0.29) is 118 Å². The van der Waals surface area contributed by atoms with Crippen molar-refractivity contribution in [2.75, 3.05) is 53.2 Å². The van der Waals surface area contributed by atoms with E-state index in [0.717, 1.165) is 37.8 Å². The van der Waals surface area contributed by atoms with Crippen molar-refractivity contribution >= 4 is 117 Å². The number of nitrogens with zero attached hydrogens (tertiary/aromatic N) is 4. The molecule has 0 spiro atoms. The van der Waals surface area contributed by atoms with Crippen LogP contribution < -0.4 is 71.4 Å². The number of benzene rings is 5. The lowest BCUT2D eigenvalue weighted by Crippen LogP contribution is -2.67. The summed E-state index contributed by atoms with van der Waals surface area (Å²) in [6.07, 6.45) is -13.2. The van der Waals surface area contributed by atoms with Crippen molar-refractivity contribution in [3.05, 3.63) is 203 Å². The molecule has 5 aromatic rings. The van der Waals surface area contributed by atoms with Gasteiger partial charge in [-0.3, -0.25) is 52.8 Å². The van der Waals surface area contributed by atoms with Crippen LogP contribution in [-0.4, -0.2) is 231 Å². The standard InChI is InChI=1S/C104H132Cl2N12O30Si2/c1-25-37-132-63-49-65-79(73(50-63)134-39-27-3)64-44-59(31-34-70(64)133-38-26-2)80-94(125)115-84(97(128)113-82(65)98(129)135-40-28-4)86(148-150(23,24)103(16,17)18)61-33-36-72(67(106)46-61)143-75-48-62-47-74(87(75)146-99-90(89(140-57(11)120)88(139-56(10)119)76(144-99)53-109-117-108)145-78-52-104(19,116-100(130)136-41-29-5)91(55(9)138-78)141-58(12)121)142-71-35-32-60(45-66(71)105)85(147-149(21,22)102(13,14)15)83(114-93(124)69(43-54(7)8)118(20)101(131)137-42-30-6)96(127)110-68(51-77(107)122)92(123)111-81(62)95(126)112-80/h25-36,44-50,54-55,68-69,76,78,80-86,88-91,99H,1-6,37-43,51-53H2,7-24H3,(H2,107,122)(H,110,127)(H,111,123)(H,112,126)(H,113,128)(H,114,124)(H,115,125)(H,116,130)/t55-,68-,69+,76+,78-,80+,81+,82-,83+,84-,85+,86+,88+,89-,90+,91+,99-,104-/m0/s1. The van der Waals surface area contributed by atoms with Gasteiger partial charge in [0, 0.05) is 61.9 Å². The molecule has 18 atom stereocenters.